The first-order valence-electron chi connectivity index (χ1n) is 4.92. The molecule has 1 fully saturated rings. The first-order valence-corrected chi connectivity index (χ1v) is 5.73. The van der Waals surface area contributed by atoms with Crippen LogP contribution < -0.4 is 11.1 Å². The van der Waals surface area contributed by atoms with Gasteiger partial charge < -0.3 is 11.1 Å². The van der Waals surface area contributed by atoms with Crippen molar-refractivity contribution in [1.29, 1.82) is 10.5 Å². The number of anilines is 2. The van der Waals surface area contributed by atoms with Gasteiger partial charge in [-0.2, -0.15) is 23.7 Å². The summed E-state index contributed by atoms with van der Waals surface area (Å²) in [5, 5.41) is 20.0. The molecule has 0 bridgehead atoms. The van der Waals surface area contributed by atoms with Gasteiger partial charge in [0.1, 0.15) is 33.1 Å². The molecule has 18 heavy (non-hydrogen) atoms. The molecule has 1 heterocycles. The molecule has 4 nitrogen and oxygen atoms in total. The number of nitriles is 2. The molecule has 1 aliphatic carbocycles. The SMILES string of the molecule is N#Cc1sc(NC2(C(F)(F)F)CC2)c(C#N)c1N. The van der Waals surface area contributed by atoms with E-state index in [1.165, 1.54) is 0 Å². The van der Waals surface area contributed by atoms with Crippen molar-refractivity contribution in [2.24, 2.45) is 0 Å². The van der Waals surface area contributed by atoms with Gasteiger partial charge in [-0.15, -0.1) is 11.3 Å². The topological polar surface area (TPSA) is 85.6 Å². The number of alkyl halides is 3. The largest absolute Gasteiger partial charge is 0.411 e. The molecule has 1 aromatic heterocycles. The Morgan fingerprint density at radius 3 is 2.28 bits per heavy atom. The fourth-order valence-electron chi connectivity index (χ4n) is 1.55. The van der Waals surface area contributed by atoms with Crippen LogP contribution in [0.3, 0.4) is 0 Å². The molecule has 0 spiro atoms. The van der Waals surface area contributed by atoms with Crippen molar-refractivity contribution < 1.29 is 13.2 Å². The summed E-state index contributed by atoms with van der Waals surface area (Å²) in [5.74, 6) is 0. The second kappa shape index (κ2) is 3.79. The summed E-state index contributed by atoms with van der Waals surface area (Å²) in [6.07, 6.45) is -4.46. The number of thiophene rings is 1. The van der Waals surface area contributed by atoms with E-state index in [2.05, 4.69) is 5.32 Å². The predicted octanol–water partition coefficient (Wildman–Crippen LogP) is 2.58. The molecule has 0 unspecified atom stereocenters. The van der Waals surface area contributed by atoms with Gasteiger partial charge in [0.05, 0.1) is 5.69 Å². The van der Waals surface area contributed by atoms with Crippen LogP contribution in [0.4, 0.5) is 23.9 Å². The third-order valence-electron chi connectivity index (χ3n) is 2.80. The average Bonchev–Trinajstić information content (AvgIpc) is 3.00. The normalized spacial score (nSPS) is 16.7. The van der Waals surface area contributed by atoms with Crippen molar-refractivity contribution >= 4 is 22.0 Å². The van der Waals surface area contributed by atoms with Crippen LogP contribution in [0.1, 0.15) is 23.3 Å². The lowest BCUT2D eigenvalue weighted by Gasteiger charge is -2.20. The summed E-state index contributed by atoms with van der Waals surface area (Å²) in [4.78, 5) is 0.0482. The van der Waals surface area contributed by atoms with Gasteiger partial charge in [0.15, 0.2) is 0 Å². The predicted molar refractivity (Wildman–Crippen MR) is 59.8 cm³/mol. The van der Waals surface area contributed by atoms with Crippen molar-refractivity contribution in [3.05, 3.63) is 10.4 Å². The minimum atomic E-state index is -4.38. The molecule has 1 aromatic rings. The van der Waals surface area contributed by atoms with Gasteiger partial charge in [0.25, 0.3) is 0 Å². The highest BCUT2D eigenvalue weighted by Gasteiger charge is 2.63. The lowest BCUT2D eigenvalue weighted by Crippen LogP contribution is -2.38. The van der Waals surface area contributed by atoms with Gasteiger partial charge in [0.2, 0.25) is 0 Å². The minimum Gasteiger partial charge on any atom is -0.396 e. The van der Waals surface area contributed by atoms with Gasteiger partial charge in [-0.1, -0.05) is 0 Å². The van der Waals surface area contributed by atoms with E-state index in [9.17, 15) is 13.2 Å². The summed E-state index contributed by atoms with van der Waals surface area (Å²) in [7, 11) is 0. The van der Waals surface area contributed by atoms with Crippen LogP contribution >= 0.6 is 11.3 Å². The minimum absolute atomic E-state index is 0.0152. The maximum absolute atomic E-state index is 12.8. The molecule has 1 aliphatic rings. The van der Waals surface area contributed by atoms with Crippen molar-refractivity contribution in [2.75, 3.05) is 11.1 Å². The van der Waals surface area contributed by atoms with Gasteiger partial charge in [0, 0.05) is 0 Å². The van der Waals surface area contributed by atoms with Crippen molar-refractivity contribution in [2.45, 2.75) is 24.6 Å². The van der Waals surface area contributed by atoms with Gasteiger partial charge in [-0.05, 0) is 12.8 Å². The standard InChI is InChI=1S/C10H7F3N4S/c11-10(12,13)9(1-2-9)17-8-5(3-14)7(16)6(4-15)18-8/h17H,1-2,16H2. The summed E-state index contributed by atoms with van der Waals surface area (Å²) >= 11 is 0.774. The second-order valence-electron chi connectivity index (χ2n) is 3.98. The highest BCUT2D eigenvalue weighted by Crippen LogP contribution is 2.52. The lowest BCUT2D eigenvalue weighted by molar-refractivity contribution is -0.151. The molecular weight excluding hydrogens is 265 g/mol. The number of hydrogen-bond donors (Lipinski definition) is 2. The fourth-order valence-corrected chi connectivity index (χ4v) is 2.51. The molecule has 0 saturated heterocycles. The van der Waals surface area contributed by atoms with E-state index < -0.39 is 11.7 Å². The zero-order valence-corrected chi connectivity index (χ0v) is 9.74. The Morgan fingerprint density at radius 1 is 1.28 bits per heavy atom. The highest BCUT2D eigenvalue weighted by molar-refractivity contribution is 7.17. The first kappa shape index (κ1) is 12.5. The van der Waals surface area contributed by atoms with Crippen molar-refractivity contribution in [1.82, 2.24) is 0 Å². The molecule has 0 aliphatic heterocycles. The number of nitrogens with two attached hydrogens (primary N) is 1. The summed E-state index contributed by atoms with van der Waals surface area (Å²) in [6, 6.07) is 3.48. The average molecular weight is 272 g/mol. The Morgan fingerprint density at radius 2 is 1.89 bits per heavy atom. The Hall–Kier alpha value is -1.93. The Kier molecular flexibility index (Phi) is 2.63. The molecule has 2 rings (SSSR count). The van der Waals surface area contributed by atoms with Gasteiger partial charge >= 0.3 is 6.18 Å². The van der Waals surface area contributed by atoms with Crippen molar-refractivity contribution in [3.8, 4) is 12.1 Å². The van der Waals surface area contributed by atoms with Crippen LogP contribution in [0.2, 0.25) is 0 Å². The summed E-state index contributed by atoms with van der Waals surface area (Å²) in [6.45, 7) is 0. The molecule has 3 N–H and O–H groups in total. The lowest BCUT2D eigenvalue weighted by atomic mass is 10.2. The molecule has 94 valence electrons. The Balaban J connectivity index is 2.38. The molecule has 8 heteroatoms. The molecule has 0 aromatic carbocycles. The zero-order valence-electron chi connectivity index (χ0n) is 8.93. The Labute approximate surface area is 104 Å². The molecule has 0 amide bonds. The molecule has 0 atom stereocenters. The number of nitrogen functional groups attached to an aromatic ring is 1. The number of nitrogens with one attached hydrogen (secondary N) is 1. The summed E-state index contributed by atoms with van der Waals surface area (Å²) < 4.78 is 38.3. The third kappa shape index (κ3) is 1.75. The van der Waals surface area contributed by atoms with E-state index in [1.54, 1.807) is 12.1 Å². The number of rotatable bonds is 2. The van der Waals surface area contributed by atoms with E-state index in [0.717, 1.165) is 11.3 Å². The monoisotopic (exact) mass is 272 g/mol. The van der Waals surface area contributed by atoms with E-state index in [1.807, 2.05) is 0 Å². The van der Waals surface area contributed by atoms with E-state index in [0.29, 0.717) is 0 Å². The Bertz CT molecular complexity index is 572. The number of halogens is 3. The quantitative estimate of drug-likeness (QED) is 0.866. The van der Waals surface area contributed by atoms with Gasteiger partial charge in [-0.3, -0.25) is 0 Å². The number of hydrogen-bond acceptors (Lipinski definition) is 5. The van der Waals surface area contributed by atoms with Crippen LogP contribution in [-0.2, 0) is 0 Å². The summed E-state index contributed by atoms with van der Waals surface area (Å²) in [5.41, 5.74) is 3.39. The molecule has 1 saturated carbocycles. The maximum atomic E-state index is 12.8. The zero-order chi connectivity index (χ0) is 13.6. The van der Waals surface area contributed by atoms with Crippen LogP contribution in [-0.4, -0.2) is 11.7 Å². The van der Waals surface area contributed by atoms with E-state index >= 15 is 0 Å². The van der Waals surface area contributed by atoms with E-state index in [4.69, 9.17) is 16.3 Å². The fraction of sp³-hybridized carbons (Fsp3) is 0.400. The molecular formula is C10H7F3N4S. The van der Waals surface area contributed by atoms with Crippen LogP contribution in [0, 0.1) is 22.7 Å². The van der Waals surface area contributed by atoms with E-state index in [-0.39, 0.29) is 34.0 Å². The molecule has 0 radical (unpaired) electrons. The second-order valence-corrected chi connectivity index (χ2v) is 5.00. The van der Waals surface area contributed by atoms with Gasteiger partial charge in [-0.25, -0.2) is 0 Å². The first-order chi connectivity index (χ1) is 8.34. The number of nitrogens with zero attached hydrogens (tertiary/aromatic N) is 2. The maximum Gasteiger partial charge on any atom is 0.411 e. The smallest absolute Gasteiger partial charge is 0.396 e. The van der Waals surface area contributed by atoms with Crippen LogP contribution in [0.15, 0.2) is 0 Å². The third-order valence-corrected chi connectivity index (χ3v) is 3.83. The van der Waals surface area contributed by atoms with Crippen LogP contribution in [0.5, 0.6) is 0 Å². The highest BCUT2D eigenvalue weighted by atomic mass is 32.1. The van der Waals surface area contributed by atoms with Crippen molar-refractivity contribution in [3.63, 3.8) is 0 Å². The van der Waals surface area contributed by atoms with Crippen LogP contribution in [0.25, 0.3) is 0 Å².